The summed E-state index contributed by atoms with van der Waals surface area (Å²) in [6.45, 7) is 18.3. The fourth-order valence-corrected chi connectivity index (χ4v) is 15.2. The van der Waals surface area contributed by atoms with Gasteiger partial charge in [0.2, 0.25) is 0 Å². The first-order chi connectivity index (χ1) is 42.2. The van der Waals surface area contributed by atoms with Gasteiger partial charge in [-0.25, -0.2) is 9.59 Å². The molecule has 0 bridgehead atoms. The van der Waals surface area contributed by atoms with Gasteiger partial charge in [-0.2, -0.15) is 0 Å². The van der Waals surface area contributed by atoms with Crippen LogP contribution in [0.5, 0.6) is 23.0 Å². The molecule has 10 nitrogen and oxygen atoms in total. The zero-order valence-corrected chi connectivity index (χ0v) is 51.0. The van der Waals surface area contributed by atoms with Crippen LogP contribution in [0.3, 0.4) is 0 Å². The fraction of sp³-hybridized carbons (Fsp3) is 0.299. The molecule has 2 atom stereocenters. The quantitative estimate of drug-likeness (QED) is 0.0775. The van der Waals surface area contributed by atoms with Crippen molar-refractivity contribution in [1.82, 2.24) is 0 Å². The first kappa shape index (κ1) is 55.8. The molecule has 2 aliphatic carbocycles. The number of hydrogen-bond acceptors (Lipinski definition) is 10. The predicted molar refractivity (Wildman–Crippen MR) is 349 cm³/mol. The van der Waals surface area contributed by atoms with Crippen LogP contribution in [0.4, 0.5) is 34.1 Å². The zero-order valence-electron chi connectivity index (χ0n) is 51.0. The number of rotatable bonds is 14. The molecule has 0 saturated heterocycles. The van der Waals surface area contributed by atoms with Gasteiger partial charge in [-0.1, -0.05) is 125 Å². The first-order valence-electron chi connectivity index (χ1n) is 31.3. The number of aryl methyl sites for hydroxylation is 2. The normalized spacial score (nSPS) is 19.1. The van der Waals surface area contributed by atoms with Gasteiger partial charge >= 0.3 is 11.9 Å². The van der Waals surface area contributed by atoms with Gasteiger partial charge in [-0.3, -0.25) is 0 Å². The molecule has 4 heterocycles. The second kappa shape index (κ2) is 21.7. The van der Waals surface area contributed by atoms with Crippen molar-refractivity contribution >= 4 is 46.1 Å². The number of carbonyl (C=O) groups excluding carboxylic acids is 2. The van der Waals surface area contributed by atoms with E-state index in [2.05, 4.69) is 184 Å². The van der Waals surface area contributed by atoms with Gasteiger partial charge in [-0.15, -0.1) is 13.2 Å². The molecule has 2 unspecified atom stereocenters. The van der Waals surface area contributed by atoms with Crippen LogP contribution in [0.15, 0.2) is 183 Å². The number of carbonyl (C=O) groups is 2. The van der Waals surface area contributed by atoms with Crippen molar-refractivity contribution in [2.24, 2.45) is 0 Å². The molecular weight excluding hydrogens is 1080 g/mol. The summed E-state index contributed by atoms with van der Waals surface area (Å²) in [6.07, 6.45) is 16.1. The number of anilines is 6. The summed E-state index contributed by atoms with van der Waals surface area (Å²) in [5.74, 6) is 2.03. The molecule has 87 heavy (non-hydrogen) atoms. The van der Waals surface area contributed by atoms with Crippen molar-refractivity contribution in [3.8, 4) is 23.0 Å². The lowest BCUT2D eigenvalue weighted by molar-refractivity contribution is 0.0214. The Morgan fingerprint density at radius 1 is 0.460 bits per heavy atom. The van der Waals surface area contributed by atoms with Gasteiger partial charge < -0.3 is 38.5 Å². The minimum Gasteiger partial charge on any atom is -0.456 e. The molecule has 14 rings (SSSR count). The molecule has 2 fully saturated rings. The average molecular weight is 1150 g/mol. The molecule has 0 aromatic heterocycles. The van der Waals surface area contributed by atoms with Crippen LogP contribution in [-0.4, -0.2) is 51.2 Å². The third-order valence-electron chi connectivity index (χ3n) is 20.1. The number of nitrogens with zero attached hydrogens (tertiary/aromatic N) is 4. The second-order valence-electron chi connectivity index (χ2n) is 25.4. The number of esters is 2. The minimum atomic E-state index is -1.22. The van der Waals surface area contributed by atoms with Gasteiger partial charge in [0.05, 0.1) is 11.1 Å². The maximum atomic E-state index is 14.0. The number of ether oxygens (including phenoxy) is 4. The Morgan fingerprint density at radius 2 is 0.828 bits per heavy atom. The average Bonchev–Trinajstić information content (AvgIpc) is 1.66. The third-order valence-corrected chi connectivity index (χ3v) is 20.1. The molecule has 4 aliphatic heterocycles. The molecule has 2 spiro atoms. The molecule has 2 saturated carbocycles. The summed E-state index contributed by atoms with van der Waals surface area (Å²) in [4.78, 5) is 37.3. The molecule has 8 aromatic carbocycles. The summed E-state index contributed by atoms with van der Waals surface area (Å²) in [6, 6.07) is 55.5. The first-order valence-corrected chi connectivity index (χ1v) is 31.3. The number of fused-ring (bicyclic) bond motifs is 12. The highest BCUT2D eigenvalue weighted by Crippen LogP contribution is 2.60. The Labute approximate surface area is 512 Å². The van der Waals surface area contributed by atoms with E-state index in [1.54, 1.807) is 0 Å². The summed E-state index contributed by atoms with van der Waals surface area (Å²) in [7, 11) is 4.38. The fourth-order valence-electron chi connectivity index (χ4n) is 15.2. The highest BCUT2D eigenvalue weighted by molar-refractivity contribution is 5.98. The molecule has 10 heteroatoms. The monoisotopic (exact) mass is 1150 g/mol. The summed E-state index contributed by atoms with van der Waals surface area (Å²) < 4.78 is 27.3. The zero-order chi connectivity index (χ0) is 59.9. The SMILES string of the molecule is C=CCN(c1ccc(C(C)(C)c2ccc(N(CC=C)c3cc4c(cc3C)Oc3cc(N(C)C5CCCCC5)ccc3C43OC(=O)c4ccccc43)cc2)cc1)c1cc2c(cc1C)Oc1cc(N(C)C3CCCCC3)ccc1C21OC(=O)c2ccccc21. The topological polar surface area (TPSA) is 84.0 Å². The highest BCUT2D eigenvalue weighted by Gasteiger charge is 2.56. The predicted octanol–water partition coefficient (Wildman–Crippen LogP) is 18.0. The van der Waals surface area contributed by atoms with E-state index >= 15 is 0 Å². The van der Waals surface area contributed by atoms with Crippen LogP contribution in [-0.2, 0) is 26.1 Å². The van der Waals surface area contributed by atoms with E-state index in [1.807, 2.05) is 60.7 Å². The number of benzene rings is 8. The van der Waals surface area contributed by atoms with E-state index in [0.29, 0.717) is 59.3 Å². The minimum absolute atomic E-state index is 0.350. The van der Waals surface area contributed by atoms with Crippen LogP contribution in [0, 0.1) is 13.8 Å². The van der Waals surface area contributed by atoms with Crippen LogP contribution >= 0.6 is 0 Å². The van der Waals surface area contributed by atoms with E-state index in [-0.39, 0.29) is 17.4 Å². The van der Waals surface area contributed by atoms with Crippen molar-refractivity contribution in [1.29, 1.82) is 0 Å². The summed E-state index contributed by atoms with van der Waals surface area (Å²) in [5, 5.41) is 0. The Kier molecular flexibility index (Phi) is 13.9. The van der Waals surface area contributed by atoms with Crippen LogP contribution in [0.1, 0.15) is 154 Å². The van der Waals surface area contributed by atoms with E-state index in [0.717, 1.165) is 89.8 Å². The van der Waals surface area contributed by atoms with Crippen LogP contribution in [0.2, 0.25) is 0 Å². The summed E-state index contributed by atoms with van der Waals surface area (Å²) in [5.41, 5.74) is 13.6. The van der Waals surface area contributed by atoms with Crippen molar-refractivity contribution in [2.45, 2.75) is 121 Å². The van der Waals surface area contributed by atoms with Gasteiger partial charge in [0.1, 0.15) is 23.0 Å². The van der Waals surface area contributed by atoms with Gasteiger partial charge in [0, 0.05) is 124 Å². The maximum Gasteiger partial charge on any atom is 0.340 e. The van der Waals surface area contributed by atoms with E-state index in [9.17, 15) is 9.59 Å². The lowest BCUT2D eigenvalue weighted by Crippen LogP contribution is -2.35. The van der Waals surface area contributed by atoms with Crippen LogP contribution in [0.25, 0.3) is 0 Å². The van der Waals surface area contributed by atoms with Crippen molar-refractivity contribution in [2.75, 3.05) is 46.8 Å². The molecule has 8 aromatic rings. The van der Waals surface area contributed by atoms with Gasteiger partial charge in [0.25, 0.3) is 0 Å². The van der Waals surface area contributed by atoms with E-state index in [1.165, 1.54) is 64.2 Å². The molecule has 0 radical (unpaired) electrons. The van der Waals surface area contributed by atoms with Crippen molar-refractivity contribution in [3.63, 3.8) is 0 Å². The molecule has 0 amide bonds. The van der Waals surface area contributed by atoms with Crippen LogP contribution < -0.4 is 29.1 Å². The number of hydrogen-bond donors (Lipinski definition) is 0. The van der Waals surface area contributed by atoms with Crippen molar-refractivity contribution in [3.05, 3.63) is 250 Å². The Hall–Kier alpha value is -9.02. The second-order valence-corrected chi connectivity index (χ2v) is 25.4. The highest BCUT2D eigenvalue weighted by atomic mass is 16.6. The van der Waals surface area contributed by atoms with E-state index < -0.39 is 11.2 Å². The lowest BCUT2D eigenvalue weighted by atomic mass is 9.77. The smallest absolute Gasteiger partial charge is 0.340 e. The van der Waals surface area contributed by atoms with E-state index in [4.69, 9.17) is 18.9 Å². The standard InChI is InChI=1S/C77H76N4O6/c1-9-41-80(67-47-65-69(43-49(67)3)84-71-45-57(78(7)53-21-13-11-14-22-53)37-39-63(71)76(65)61-27-19-17-25-59(61)73(82)86-76)55-33-29-51(30-34-55)75(5,6)52-31-35-56(36-32-52)81(42-10-2)68-48-66-70(44-50(68)4)85-72-46-58(79(8)54-23-15-12-16-24-54)38-40-64(72)77(66)62-28-20-18-26-60(62)74(83)87-77/h9-10,17-20,25-40,43-48,53-54H,1-2,11-16,21-24,41-42H2,3-8H3. The largest absolute Gasteiger partial charge is 0.456 e. The Morgan fingerprint density at radius 3 is 1.22 bits per heavy atom. The van der Waals surface area contributed by atoms with Crippen molar-refractivity contribution < 1.29 is 28.5 Å². The maximum absolute atomic E-state index is 14.0. The van der Waals surface area contributed by atoms with Gasteiger partial charge in [0.15, 0.2) is 11.2 Å². The molecule has 440 valence electrons. The summed E-state index contributed by atoms with van der Waals surface area (Å²) >= 11 is 0. The molecular formula is C77H76N4O6. The molecule has 0 N–H and O–H groups in total. The lowest BCUT2D eigenvalue weighted by Gasteiger charge is -2.39. The molecule has 6 aliphatic rings. The van der Waals surface area contributed by atoms with Gasteiger partial charge in [-0.05, 0) is 147 Å². The third kappa shape index (κ3) is 9.03. The Balaban J connectivity index is 0.765. The Bertz CT molecular complexity index is 3800.